The molecule has 0 spiro atoms. The molecule has 0 unspecified atom stereocenters. The van der Waals surface area contributed by atoms with Crippen LogP contribution in [-0.2, 0) is 4.79 Å². The zero-order chi connectivity index (χ0) is 11.4. The Morgan fingerprint density at radius 2 is 2.00 bits per heavy atom. The maximum absolute atomic E-state index is 11.6. The van der Waals surface area contributed by atoms with Gasteiger partial charge in [0, 0.05) is 18.4 Å². The van der Waals surface area contributed by atoms with Crippen molar-refractivity contribution in [1.82, 2.24) is 0 Å². The van der Waals surface area contributed by atoms with Crippen molar-refractivity contribution in [3.63, 3.8) is 0 Å². The summed E-state index contributed by atoms with van der Waals surface area (Å²) in [6, 6.07) is 1.75. The molecule has 15 heavy (non-hydrogen) atoms. The van der Waals surface area contributed by atoms with Gasteiger partial charge in [0.25, 0.3) is 0 Å². The molecule has 0 saturated heterocycles. The number of carboxylic acid groups (broad SMARTS) is 1. The standard InChI is InChI=1S/C9H8Br2O3S/c10-7-4-5(9(11)15-7)6(12)2-1-3-8(13)14/h4H,1-3H2,(H,13,14). The van der Waals surface area contributed by atoms with Gasteiger partial charge in [0.15, 0.2) is 5.78 Å². The Kier molecular flexibility index (Phi) is 4.95. The predicted octanol–water partition coefficient (Wildman–Crippen LogP) is 3.71. The third-order valence-corrected chi connectivity index (χ3v) is 4.09. The lowest BCUT2D eigenvalue weighted by Crippen LogP contribution is -2.01. The molecule has 1 aromatic heterocycles. The first-order chi connectivity index (χ1) is 7.00. The maximum Gasteiger partial charge on any atom is 0.303 e. The molecule has 0 saturated carbocycles. The first-order valence-corrected chi connectivity index (χ1v) is 6.61. The SMILES string of the molecule is O=C(O)CCCC(=O)c1cc(Br)sc1Br. The molecule has 0 amide bonds. The van der Waals surface area contributed by atoms with Crippen LogP contribution in [0.1, 0.15) is 29.6 Å². The molecule has 1 heterocycles. The van der Waals surface area contributed by atoms with Gasteiger partial charge < -0.3 is 5.11 Å². The second-order valence-electron chi connectivity index (χ2n) is 2.91. The van der Waals surface area contributed by atoms with Crippen LogP contribution < -0.4 is 0 Å². The van der Waals surface area contributed by atoms with Crippen molar-refractivity contribution in [2.45, 2.75) is 19.3 Å². The quantitative estimate of drug-likeness (QED) is 0.819. The number of carbonyl (C=O) groups is 2. The Labute approximate surface area is 108 Å². The Morgan fingerprint density at radius 1 is 1.33 bits per heavy atom. The molecule has 0 atom stereocenters. The Morgan fingerprint density at radius 3 is 2.47 bits per heavy atom. The molecule has 3 nitrogen and oxygen atoms in total. The van der Waals surface area contributed by atoms with E-state index in [0.717, 1.165) is 7.57 Å². The van der Waals surface area contributed by atoms with E-state index in [1.54, 1.807) is 6.07 Å². The van der Waals surface area contributed by atoms with E-state index in [4.69, 9.17) is 5.11 Å². The van der Waals surface area contributed by atoms with E-state index >= 15 is 0 Å². The third kappa shape index (κ3) is 4.04. The van der Waals surface area contributed by atoms with Crippen molar-refractivity contribution >= 4 is 54.9 Å². The van der Waals surface area contributed by atoms with Crippen LogP contribution in [0.15, 0.2) is 13.6 Å². The van der Waals surface area contributed by atoms with E-state index in [2.05, 4.69) is 31.9 Å². The summed E-state index contributed by atoms with van der Waals surface area (Å²) >= 11 is 8.01. The highest BCUT2D eigenvalue weighted by Gasteiger charge is 2.13. The van der Waals surface area contributed by atoms with Crippen molar-refractivity contribution < 1.29 is 14.7 Å². The van der Waals surface area contributed by atoms with Gasteiger partial charge in [0.1, 0.15) is 0 Å². The summed E-state index contributed by atoms with van der Waals surface area (Å²) in [5.74, 6) is -0.890. The van der Waals surface area contributed by atoms with Gasteiger partial charge in [-0.15, -0.1) is 11.3 Å². The van der Waals surface area contributed by atoms with Gasteiger partial charge in [0.2, 0.25) is 0 Å². The minimum absolute atomic E-state index is 0.0231. The normalized spacial score (nSPS) is 10.3. The van der Waals surface area contributed by atoms with Gasteiger partial charge in [-0.05, 0) is 44.3 Å². The molecule has 0 aliphatic rings. The lowest BCUT2D eigenvalue weighted by Gasteiger charge is -1.97. The monoisotopic (exact) mass is 354 g/mol. The molecule has 0 radical (unpaired) electrons. The molecule has 0 aliphatic heterocycles. The number of carbonyl (C=O) groups excluding carboxylic acids is 1. The van der Waals surface area contributed by atoms with Crippen molar-refractivity contribution in [2.24, 2.45) is 0 Å². The molecular weight excluding hydrogens is 348 g/mol. The number of halogens is 2. The first-order valence-electron chi connectivity index (χ1n) is 4.20. The highest BCUT2D eigenvalue weighted by molar-refractivity contribution is 9.12. The van der Waals surface area contributed by atoms with Gasteiger partial charge in [0.05, 0.1) is 7.57 Å². The summed E-state index contributed by atoms with van der Waals surface area (Å²) in [6.45, 7) is 0. The van der Waals surface area contributed by atoms with E-state index in [0.29, 0.717) is 12.0 Å². The van der Waals surface area contributed by atoms with E-state index in [9.17, 15) is 9.59 Å². The Balaban J connectivity index is 2.54. The number of aliphatic carboxylic acids is 1. The molecular formula is C9H8Br2O3S. The van der Waals surface area contributed by atoms with Gasteiger partial charge in [-0.3, -0.25) is 9.59 Å². The van der Waals surface area contributed by atoms with Crippen LogP contribution in [0.25, 0.3) is 0 Å². The van der Waals surface area contributed by atoms with Crippen LogP contribution in [0.2, 0.25) is 0 Å². The van der Waals surface area contributed by atoms with Gasteiger partial charge in [-0.25, -0.2) is 0 Å². The lowest BCUT2D eigenvalue weighted by molar-refractivity contribution is -0.137. The van der Waals surface area contributed by atoms with Crippen molar-refractivity contribution in [3.8, 4) is 0 Å². The van der Waals surface area contributed by atoms with Crippen LogP contribution >= 0.6 is 43.2 Å². The summed E-state index contributed by atoms with van der Waals surface area (Å²) in [4.78, 5) is 21.9. The fraction of sp³-hybridized carbons (Fsp3) is 0.333. The van der Waals surface area contributed by atoms with Gasteiger partial charge >= 0.3 is 5.97 Å². The van der Waals surface area contributed by atoms with Crippen LogP contribution in [0, 0.1) is 0 Å². The van der Waals surface area contributed by atoms with E-state index in [1.165, 1.54) is 11.3 Å². The fourth-order valence-electron chi connectivity index (χ4n) is 1.07. The van der Waals surface area contributed by atoms with Crippen molar-refractivity contribution in [1.29, 1.82) is 0 Å². The summed E-state index contributed by atoms with van der Waals surface area (Å²) in [5.41, 5.74) is 0.622. The van der Waals surface area contributed by atoms with Crippen LogP contribution in [-0.4, -0.2) is 16.9 Å². The zero-order valence-corrected chi connectivity index (χ0v) is 11.6. The molecule has 6 heteroatoms. The molecule has 1 rings (SSSR count). The number of hydrogen-bond donors (Lipinski definition) is 1. The highest BCUT2D eigenvalue weighted by atomic mass is 79.9. The zero-order valence-electron chi connectivity index (χ0n) is 7.63. The summed E-state index contributed by atoms with van der Waals surface area (Å²) in [5, 5.41) is 8.43. The molecule has 82 valence electrons. The van der Waals surface area contributed by atoms with Gasteiger partial charge in [-0.2, -0.15) is 0 Å². The third-order valence-electron chi connectivity index (χ3n) is 1.75. The average Bonchev–Trinajstić information content (AvgIpc) is 2.44. The number of thiophene rings is 1. The molecule has 1 N–H and O–H groups in total. The number of rotatable bonds is 5. The molecule has 0 aliphatic carbocycles. The topological polar surface area (TPSA) is 54.4 Å². The Hall–Kier alpha value is -0.200. The van der Waals surface area contributed by atoms with Gasteiger partial charge in [-0.1, -0.05) is 0 Å². The first kappa shape index (κ1) is 12.9. The molecule has 0 bridgehead atoms. The fourth-order valence-corrected chi connectivity index (χ4v) is 3.92. The second-order valence-corrected chi connectivity index (χ2v) is 6.66. The second kappa shape index (κ2) is 5.77. The number of hydrogen-bond acceptors (Lipinski definition) is 3. The largest absolute Gasteiger partial charge is 0.481 e. The summed E-state index contributed by atoms with van der Waals surface area (Å²) in [7, 11) is 0. The highest BCUT2D eigenvalue weighted by Crippen LogP contribution is 2.32. The predicted molar refractivity (Wildman–Crippen MR) is 65.5 cm³/mol. The van der Waals surface area contributed by atoms with Crippen molar-refractivity contribution in [3.05, 3.63) is 19.2 Å². The minimum Gasteiger partial charge on any atom is -0.481 e. The summed E-state index contributed by atoms with van der Waals surface area (Å²) < 4.78 is 1.67. The minimum atomic E-state index is -0.867. The van der Waals surface area contributed by atoms with Crippen LogP contribution in [0.3, 0.4) is 0 Å². The van der Waals surface area contributed by atoms with E-state index in [1.807, 2.05) is 0 Å². The smallest absolute Gasteiger partial charge is 0.303 e. The van der Waals surface area contributed by atoms with Crippen LogP contribution in [0.5, 0.6) is 0 Å². The van der Waals surface area contributed by atoms with Crippen molar-refractivity contribution in [2.75, 3.05) is 0 Å². The average molecular weight is 356 g/mol. The molecule has 0 fully saturated rings. The van der Waals surface area contributed by atoms with Crippen LogP contribution in [0.4, 0.5) is 0 Å². The van der Waals surface area contributed by atoms with E-state index < -0.39 is 5.97 Å². The molecule has 0 aromatic carbocycles. The summed E-state index contributed by atoms with van der Waals surface area (Å²) in [6.07, 6.45) is 0.691. The number of ketones is 1. The lowest BCUT2D eigenvalue weighted by atomic mass is 10.1. The number of carboxylic acids is 1. The number of Topliss-reactive ketones (excluding diaryl/α,β-unsaturated/α-hetero) is 1. The Bertz CT molecular complexity index is 387. The molecule has 1 aromatic rings. The maximum atomic E-state index is 11.6. The van der Waals surface area contributed by atoms with E-state index in [-0.39, 0.29) is 18.6 Å².